The summed E-state index contributed by atoms with van der Waals surface area (Å²) < 4.78 is 0. The number of hydrogen-bond donors (Lipinski definition) is 2. The topological polar surface area (TPSA) is 99.2 Å². The van der Waals surface area contributed by atoms with Crippen molar-refractivity contribution in [1.82, 2.24) is 0 Å². The number of nitriles is 1. The Labute approximate surface area is 104 Å². The Kier molecular flexibility index (Phi) is 3.44. The fraction of sp³-hybridized carbons (Fsp3) is 0.417. The van der Waals surface area contributed by atoms with Crippen molar-refractivity contribution >= 4 is 11.4 Å². The molecule has 1 atom stereocenters. The SMILES string of the molecule is N#Cc1cc([N+](=O)[O-])ccc1NCC(O)C1CC1. The Morgan fingerprint density at radius 3 is 2.89 bits per heavy atom. The van der Waals surface area contributed by atoms with E-state index in [0.717, 1.165) is 12.8 Å². The van der Waals surface area contributed by atoms with Crippen molar-refractivity contribution in [1.29, 1.82) is 5.26 Å². The molecule has 2 N–H and O–H groups in total. The van der Waals surface area contributed by atoms with Gasteiger partial charge in [-0.2, -0.15) is 5.26 Å². The Morgan fingerprint density at radius 1 is 1.61 bits per heavy atom. The van der Waals surface area contributed by atoms with Gasteiger partial charge in [-0.1, -0.05) is 0 Å². The number of non-ortho nitro benzene ring substituents is 1. The first-order valence-corrected chi connectivity index (χ1v) is 5.72. The zero-order valence-electron chi connectivity index (χ0n) is 9.67. The summed E-state index contributed by atoms with van der Waals surface area (Å²) in [5.74, 6) is 0.348. The first-order valence-electron chi connectivity index (χ1n) is 5.72. The predicted molar refractivity (Wildman–Crippen MR) is 65.0 cm³/mol. The monoisotopic (exact) mass is 247 g/mol. The van der Waals surface area contributed by atoms with Gasteiger partial charge in [0, 0.05) is 18.7 Å². The average molecular weight is 247 g/mol. The minimum Gasteiger partial charge on any atom is -0.391 e. The van der Waals surface area contributed by atoms with E-state index in [1.165, 1.54) is 18.2 Å². The second-order valence-electron chi connectivity index (χ2n) is 4.38. The maximum absolute atomic E-state index is 10.6. The zero-order chi connectivity index (χ0) is 13.1. The van der Waals surface area contributed by atoms with Crippen LogP contribution >= 0.6 is 0 Å². The molecule has 1 fully saturated rings. The maximum Gasteiger partial charge on any atom is 0.270 e. The lowest BCUT2D eigenvalue weighted by atomic mass is 10.1. The number of nitro benzene ring substituents is 1. The molecule has 1 aromatic rings. The smallest absolute Gasteiger partial charge is 0.270 e. The van der Waals surface area contributed by atoms with Crippen LogP contribution in [0.15, 0.2) is 18.2 Å². The number of rotatable bonds is 5. The van der Waals surface area contributed by atoms with Crippen LogP contribution < -0.4 is 5.32 Å². The van der Waals surface area contributed by atoms with Crippen molar-refractivity contribution in [2.24, 2.45) is 5.92 Å². The molecule has 0 radical (unpaired) electrons. The lowest BCUT2D eigenvalue weighted by Crippen LogP contribution is -2.21. The van der Waals surface area contributed by atoms with Crippen molar-refractivity contribution in [3.8, 4) is 6.07 Å². The molecule has 0 aliphatic heterocycles. The van der Waals surface area contributed by atoms with Crippen molar-refractivity contribution in [2.75, 3.05) is 11.9 Å². The molecule has 6 heteroatoms. The molecule has 2 rings (SSSR count). The second-order valence-corrected chi connectivity index (χ2v) is 4.38. The molecule has 0 amide bonds. The fourth-order valence-electron chi connectivity index (χ4n) is 1.75. The average Bonchev–Trinajstić information content (AvgIpc) is 3.19. The molecule has 1 aromatic carbocycles. The van der Waals surface area contributed by atoms with Crippen molar-refractivity contribution in [2.45, 2.75) is 18.9 Å². The van der Waals surface area contributed by atoms with Crippen LogP contribution in [0, 0.1) is 27.4 Å². The standard InChI is InChI=1S/C12H13N3O3/c13-6-9-5-10(15(17)18)3-4-11(9)14-7-12(16)8-1-2-8/h3-5,8,12,14,16H,1-2,7H2. The van der Waals surface area contributed by atoms with E-state index in [0.29, 0.717) is 18.2 Å². The summed E-state index contributed by atoms with van der Waals surface area (Å²) in [4.78, 5) is 10.0. The predicted octanol–water partition coefficient (Wildman–Crippen LogP) is 1.65. The van der Waals surface area contributed by atoms with Crippen LogP contribution in [0.3, 0.4) is 0 Å². The molecule has 1 saturated carbocycles. The third-order valence-corrected chi connectivity index (χ3v) is 3.00. The second kappa shape index (κ2) is 5.02. The zero-order valence-corrected chi connectivity index (χ0v) is 9.67. The minimum atomic E-state index is -0.538. The first-order chi connectivity index (χ1) is 8.61. The summed E-state index contributed by atoms with van der Waals surface area (Å²) in [6.45, 7) is 0.358. The number of nitro groups is 1. The van der Waals surface area contributed by atoms with Gasteiger partial charge in [-0.3, -0.25) is 10.1 Å². The van der Waals surface area contributed by atoms with E-state index in [4.69, 9.17) is 5.26 Å². The van der Waals surface area contributed by atoms with E-state index >= 15 is 0 Å². The molecule has 0 bridgehead atoms. The number of aliphatic hydroxyl groups excluding tert-OH is 1. The van der Waals surface area contributed by atoms with Gasteiger partial charge in [-0.05, 0) is 24.8 Å². The normalized spacial score (nSPS) is 15.8. The van der Waals surface area contributed by atoms with Gasteiger partial charge < -0.3 is 10.4 Å². The molecule has 6 nitrogen and oxygen atoms in total. The highest BCUT2D eigenvalue weighted by Crippen LogP contribution is 2.32. The first kappa shape index (κ1) is 12.3. The number of aliphatic hydroxyl groups is 1. The lowest BCUT2D eigenvalue weighted by molar-refractivity contribution is -0.384. The summed E-state index contributed by atoms with van der Waals surface area (Å²) in [5, 5.41) is 32.2. The Hall–Kier alpha value is -2.13. The van der Waals surface area contributed by atoms with Crippen LogP contribution in [0.5, 0.6) is 0 Å². The van der Waals surface area contributed by atoms with Crippen LogP contribution in [-0.4, -0.2) is 22.7 Å². The van der Waals surface area contributed by atoms with Crippen LogP contribution in [0.25, 0.3) is 0 Å². The van der Waals surface area contributed by atoms with Gasteiger partial charge in [0.05, 0.1) is 22.3 Å². The van der Waals surface area contributed by atoms with Crippen LogP contribution in [-0.2, 0) is 0 Å². The van der Waals surface area contributed by atoms with Gasteiger partial charge in [0.1, 0.15) is 6.07 Å². The Morgan fingerprint density at radius 2 is 2.33 bits per heavy atom. The van der Waals surface area contributed by atoms with Gasteiger partial charge in [-0.15, -0.1) is 0 Å². The molecule has 94 valence electrons. The quantitative estimate of drug-likeness (QED) is 0.608. The molecule has 0 spiro atoms. The maximum atomic E-state index is 10.6. The van der Waals surface area contributed by atoms with Crippen LogP contribution in [0.2, 0.25) is 0 Å². The molecule has 0 aromatic heterocycles. The number of hydrogen-bond acceptors (Lipinski definition) is 5. The molecule has 1 aliphatic carbocycles. The highest BCUT2D eigenvalue weighted by molar-refractivity contribution is 5.61. The summed E-state index contributed by atoms with van der Waals surface area (Å²) in [6, 6.07) is 5.98. The molecule has 1 unspecified atom stereocenters. The number of nitrogens with one attached hydrogen (secondary N) is 1. The van der Waals surface area contributed by atoms with Crippen molar-refractivity contribution < 1.29 is 10.0 Å². The molecule has 18 heavy (non-hydrogen) atoms. The van der Waals surface area contributed by atoms with Gasteiger partial charge in [0.2, 0.25) is 0 Å². The Bertz CT molecular complexity index is 506. The van der Waals surface area contributed by atoms with Crippen molar-refractivity contribution in [3.63, 3.8) is 0 Å². The van der Waals surface area contributed by atoms with E-state index in [-0.39, 0.29) is 11.3 Å². The van der Waals surface area contributed by atoms with E-state index in [1.807, 2.05) is 6.07 Å². The van der Waals surface area contributed by atoms with E-state index in [2.05, 4.69) is 5.32 Å². The molecular weight excluding hydrogens is 234 g/mol. The molecular formula is C12H13N3O3. The highest BCUT2D eigenvalue weighted by Gasteiger charge is 2.29. The third-order valence-electron chi connectivity index (χ3n) is 3.00. The largest absolute Gasteiger partial charge is 0.391 e. The Balaban J connectivity index is 2.07. The fourth-order valence-corrected chi connectivity index (χ4v) is 1.75. The molecule has 0 heterocycles. The van der Waals surface area contributed by atoms with E-state index < -0.39 is 11.0 Å². The van der Waals surface area contributed by atoms with E-state index in [1.54, 1.807) is 0 Å². The summed E-state index contributed by atoms with van der Waals surface area (Å²) in [6.07, 6.45) is 1.65. The van der Waals surface area contributed by atoms with Crippen LogP contribution in [0.1, 0.15) is 18.4 Å². The summed E-state index contributed by atoms with van der Waals surface area (Å²) >= 11 is 0. The summed E-state index contributed by atoms with van der Waals surface area (Å²) in [7, 11) is 0. The molecule has 0 saturated heterocycles. The number of anilines is 1. The molecule has 1 aliphatic rings. The van der Waals surface area contributed by atoms with Gasteiger partial charge in [0.15, 0.2) is 0 Å². The summed E-state index contributed by atoms with van der Waals surface area (Å²) in [5.41, 5.74) is 0.620. The van der Waals surface area contributed by atoms with Gasteiger partial charge in [-0.25, -0.2) is 0 Å². The van der Waals surface area contributed by atoms with Gasteiger partial charge in [0.25, 0.3) is 5.69 Å². The third kappa shape index (κ3) is 2.76. The van der Waals surface area contributed by atoms with E-state index in [9.17, 15) is 15.2 Å². The highest BCUT2D eigenvalue weighted by atomic mass is 16.6. The van der Waals surface area contributed by atoms with Crippen molar-refractivity contribution in [3.05, 3.63) is 33.9 Å². The number of nitrogens with zero attached hydrogens (tertiary/aromatic N) is 2. The van der Waals surface area contributed by atoms with Gasteiger partial charge >= 0.3 is 0 Å². The lowest BCUT2D eigenvalue weighted by Gasteiger charge is -2.12. The van der Waals surface area contributed by atoms with Crippen LogP contribution in [0.4, 0.5) is 11.4 Å². The number of benzene rings is 1. The minimum absolute atomic E-state index is 0.111.